The maximum absolute atomic E-state index is 12.5. The van der Waals surface area contributed by atoms with Crippen LogP contribution in [-0.4, -0.2) is 27.8 Å². The zero-order valence-electron chi connectivity index (χ0n) is 11.8. The summed E-state index contributed by atoms with van der Waals surface area (Å²) in [5, 5.41) is 9.01. The van der Waals surface area contributed by atoms with E-state index in [4.69, 9.17) is 5.11 Å². The molecule has 3 rings (SSSR count). The summed E-state index contributed by atoms with van der Waals surface area (Å²) in [6.45, 7) is 1.77. The van der Waals surface area contributed by atoms with Gasteiger partial charge in [-0.2, -0.15) is 0 Å². The van der Waals surface area contributed by atoms with Crippen molar-refractivity contribution in [1.29, 1.82) is 0 Å². The molecule has 0 fully saturated rings. The molecule has 5 nitrogen and oxygen atoms in total. The molecule has 2 aromatic carbocycles. The average molecular weight is 295 g/mol. The molecule has 5 heteroatoms. The van der Waals surface area contributed by atoms with Crippen LogP contribution in [0.5, 0.6) is 0 Å². The minimum Gasteiger partial charge on any atom is -0.478 e. The number of carboxylic acids is 1. The van der Waals surface area contributed by atoms with E-state index in [1.807, 2.05) is 30.3 Å². The predicted molar refractivity (Wildman–Crippen MR) is 78.8 cm³/mol. The summed E-state index contributed by atoms with van der Waals surface area (Å²) >= 11 is 0. The highest BCUT2D eigenvalue weighted by Gasteiger charge is 2.39. The zero-order chi connectivity index (χ0) is 15.9. The van der Waals surface area contributed by atoms with Gasteiger partial charge in [0.2, 0.25) is 0 Å². The number of carbonyl (C=O) groups is 3. The molecule has 1 aliphatic heterocycles. The SMILES string of the molecule is CC(c1ccccc1)N1C(=O)c2ccc(C(=O)O)cc2C1=O. The summed E-state index contributed by atoms with van der Waals surface area (Å²) in [5.74, 6) is -1.98. The van der Waals surface area contributed by atoms with Gasteiger partial charge in [0.15, 0.2) is 0 Å². The van der Waals surface area contributed by atoms with Gasteiger partial charge in [-0.25, -0.2) is 4.79 Å². The van der Waals surface area contributed by atoms with Crippen LogP contribution in [0, 0.1) is 0 Å². The zero-order valence-corrected chi connectivity index (χ0v) is 11.8. The van der Waals surface area contributed by atoms with E-state index < -0.39 is 23.8 Å². The van der Waals surface area contributed by atoms with Gasteiger partial charge < -0.3 is 5.11 Å². The Bertz CT molecular complexity index is 783. The van der Waals surface area contributed by atoms with Crippen LogP contribution in [0.2, 0.25) is 0 Å². The Hall–Kier alpha value is -2.95. The molecule has 0 saturated heterocycles. The lowest BCUT2D eigenvalue weighted by molar-refractivity contribution is 0.0594. The number of imide groups is 1. The van der Waals surface area contributed by atoms with Crippen LogP contribution < -0.4 is 0 Å². The van der Waals surface area contributed by atoms with Gasteiger partial charge in [-0.15, -0.1) is 0 Å². The standard InChI is InChI=1S/C17H13NO4/c1-10(11-5-3-2-4-6-11)18-15(19)13-8-7-12(17(21)22)9-14(13)16(18)20/h2-10H,1H3,(H,21,22). The largest absolute Gasteiger partial charge is 0.478 e. The van der Waals surface area contributed by atoms with E-state index in [1.165, 1.54) is 23.1 Å². The highest BCUT2D eigenvalue weighted by Crippen LogP contribution is 2.31. The van der Waals surface area contributed by atoms with E-state index in [0.717, 1.165) is 5.56 Å². The van der Waals surface area contributed by atoms with Gasteiger partial charge in [0.1, 0.15) is 0 Å². The summed E-state index contributed by atoms with van der Waals surface area (Å²) in [6, 6.07) is 12.8. The molecule has 0 aromatic heterocycles. The summed E-state index contributed by atoms with van der Waals surface area (Å²) in [5.41, 5.74) is 1.23. The number of hydrogen-bond acceptors (Lipinski definition) is 3. The number of aromatic carboxylic acids is 1. The first kappa shape index (κ1) is 14.0. The van der Waals surface area contributed by atoms with Gasteiger partial charge in [-0.05, 0) is 30.7 Å². The first-order chi connectivity index (χ1) is 10.5. The fourth-order valence-corrected chi connectivity index (χ4v) is 2.62. The van der Waals surface area contributed by atoms with E-state index in [9.17, 15) is 14.4 Å². The Kier molecular flexibility index (Phi) is 3.25. The molecular formula is C17H13NO4. The molecule has 0 spiro atoms. The van der Waals surface area contributed by atoms with Crippen LogP contribution in [0.1, 0.15) is 49.6 Å². The van der Waals surface area contributed by atoms with Crippen molar-refractivity contribution in [3.05, 3.63) is 70.8 Å². The maximum atomic E-state index is 12.5. The quantitative estimate of drug-likeness (QED) is 0.883. The number of fused-ring (bicyclic) bond motifs is 1. The van der Waals surface area contributed by atoms with Crippen molar-refractivity contribution in [1.82, 2.24) is 4.90 Å². The molecule has 0 bridgehead atoms. The molecule has 2 amide bonds. The second-order valence-electron chi connectivity index (χ2n) is 5.13. The maximum Gasteiger partial charge on any atom is 0.335 e. The Labute approximate surface area is 126 Å². The van der Waals surface area contributed by atoms with Crippen LogP contribution in [0.4, 0.5) is 0 Å². The molecule has 1 heterocycles. The first-order valence-corrected chi connectivity index (χ1v) is 6.81. The highest BCUT2D eigenvalue weighted by atomic mass is 16.4. The van der Waals surface area contributed by atoms with Gasteiger partial charge in [-0.1, -0.05) is 30.3 Å². The molecular weight excluding hydrogens is 282 g/mol. The Morgan fingerprint density at radius 3 is 2.27 bits per heavy atom. The van der Waals surface area contributed by atoms with E-state index in [2.05, 4.69) is 0 Å². The van der Waals surface area contributed by atoms with Crippen molar-refractivity contribution in [2.24, 2.45) is 0 Å². The lowest BCUT2D eigenvalue weighted by Gasteiger charge is -2.22. The van der Waals surface area contributed by atoms with E-state index in [-0.39, 0.29) is 16.7 Å². The number of rotatable bonds is 3. The smallest absolute Gasteiger partial charge is 0.335 e. The lowest BCUT2D eigenvalue weighted by Crippen LogP contribution is -2.32. The van der Waals surface area contributed by atoms with Gasteiger partial charge >= 0.3 is 5.97 Å². The molecule has 22 heavy (non-hydrogen) atoms. The predicted octanol–water partition coefficient (Wildman–Crippen LogP) is 2.74. The number of benzene rings is 2. The topological polar surface area (TPSA) is 74.7 Å². The van der Waals surface area contributed by atoms with Crippen LogP contribution in [0.15, 0.2) is 48.5 Å². The van der Waals surface area contributed by atoms with Crippen LogP contribution in [-0.2, 0) is 0 Å². The van der Waals surface area contributed by atoms with E-state index >= 15 is 0 Å². The monoisotopic (exact) mass is 295 g/mol. The van der Waals surface area contributed by atoms with Crippen molar-refractivity contribution >= 4 is 17.8 Å². The number of hydrogen-bond donors (Lipinski definition) is 1. The van der Waals surface area contributed by atoms with Crippen molar-refractivity contribution in [2.45, 2.75) is 13.0 Å². The molecule has 1 unspecified atom stereocenters. The van der Waals surface area contributed by atoms with Crippen LogP contribution in [0.25, 0.3) is 0 Å². The van der Waals surface area contributed by atoms with Crippen molar-refractivity contribution in [3.8, 4) is 0 Å². The van der Waals surface area contributed by atoms with Crippen molar-refractivity contribution in [2.75, 3.05) is 0 Å². The van der Waals surface area contributed by atoms with Gasteiger partial charge in [0.05, 0.1) is 22.7 Å². The fraction of sp³-hybridized carbons (Fsp3) is 0.118. The second kappa shape index (κ2) is 5.11. The van der Waals surface area contributed by atoms with E-state index in [1.54, 1.807) is 6.92 Å². The lowest BCUT2D eigenvalue weighted by atomic mass is 10.1. The molecule has 2 aromatic rings. The number of amides is 2. The number of nitrogens with zero attached hydrogens (tertiary/aromatic N) is 1. The van der Waals surface area contributed by atoms with E-state index in [0.29, 0.717) is 0 Å². The second-order valence-corrected chi connectivity index (χ2v) is 5.13. The molecule has 0 saturated carbocycles. The van der Waals surface area contributed by atoms with Gasteiger partial charge in [-0.3, -0.25) is 14.5 Å². The van der Waals surface area contributed by atoms with Crippen LogP contribution in [0.3, 0.4) is 0 Å². The van der Waals surface area contributed by atoms with Gasteiger partial charge in [0, 0.05) is 0 Å². The van der Waals surface area contributed by atoms with Crippen molar-refractivity contribution < 1.29 is 19.5 Å². The summed E-state index contributed by atoms with van der Waals surface area (Å²) in [6.07, 6.45) is 0. The third-order valence-electron chi connectivity index (χ3n) is 3.83. The third kappa shape index (κ3) is 2.07. The van der Waals surface area contributed by atoms with Crippen molar-refractivity contribution in [3.63, 3.8) is 0 Å². The molecule has 0 radical (unpaired) electrons. The minimum atomic E-state index is -1.13. The number of carboxylic acid groups (broad SMARTS) is 1. The highest BCUT2D eigenvalue weighted by molar-refractivity contribution is 6.22. The van der Waals surface area contributed by atoms with Crippen LogP contribution >= 0.6 is 0 Å². The normalized spacial score (nSPS) is 14.9. The average Bonchev–Trinajstić information content (AvgIpc) is 2.78. The minimum absolute atomic E-state index is 0.00545. The molecule has 0 aliphatic carbocycles. The fourth-order valence-electron chi connectivity index (χ4n) is 2.62. The third-order valence-corrected chi connectivity index (χ3v) is 3.83. The van der Waals surface area contributed by atoms with Gasteiger partial charge in [0.25, 0.3) is 11.8 Å². The Morgan fingerprint density at radius 1 is 1.00 bits per heavy atom. The molecule has 1 aliphatic rings. The molecule has 110 valence electrons. The molecule has 1 N–H and O–H groups in total. The Balaban J connectivity index is 2.01. The number of carbonyl (C=O) groups excluding carboxylic acids is 2. The first-order valence-electron chi connectivity index (χ1n) is 6.81. The summed E-state index contributed by atoms with van der Waals surface area (Å²) in [4.78, 5) is 37.2. The summed E-state index contributed by atoms with van der Waals surface area (Å²) < 4.78 is 0. The summed E-state index contributed by atoms with van der Waals surface area (Å²) in [7, 11) is 0. The Morgan fingerprint density at radius 2 is 1.64 bits per heavy atom. The molecule has 1 atom stereocenters.